The van der Waals surface area contributed by atoms with Gasteiger partial charge < -0.3 is 10.4 Å². The molecule has 0 radical (unpaired) electrons. The Labute approximate surface area is 129 Å². The van der Waals surface area contributed by atoms with Gasteiger partial charge in [0.1, 0.15) is 11.6 Å². The number of benzene rings is 1. The van der Waals surface area contributed by atoms with E-state index in [4.69, 9.17) is 0 Å². The third-order valence-corrected chi connectivity index (χ3v) is 4.15. The molecule has 0 bridgehead atoms. The third kappa shape index (κ3) is 2.45. The first-order valence-electron chi connectivity index (χ1n) is 7.33. The quantitative estimate of drug-likeness (QED) is 0.813. The number of hydrogen-bond donors (Lipinski definition) is 2. The number of carbonyl (C=O) groups excluding carboxylic acids is 2. The number of carbonyl (C=O) groups is 3. The minimum Gasteiger partial charge on any atom is -0.480 e. The SMILES string of the molecule is CCc1ccc(C2(C)NC(=O)N(C(CC)C(=O)O)C2=O)cc1. The van der Waals surface area contributed by atoms with Crippen molar-refractivity contribution in [1.82, 2.24) is 10.2 Å². The Morgan fingerprint density at radius 1 is 1.27 bits per heavy atom. The summed E-state index contributed by atoms with van der Waals surface area (Å²) in [6.45, 7) is 5.26. The second-order valence-corrected chi connectivity index (χ2v) is 5.54. The normalized spacial score (nSPS) is 22.6. The topological polar surface area (TPSA) is 86.7 Å². The van der Waals surface area contributed by atoms with Gasteiger partial charge in [0, 0.05) is 0 Å². The number of hydrogen-bond acceptors (Lipinski definition) is 3. The maximum absolute atomic E-state index is 12.7. The second-order valence-electron chi connectivity index (χ2n) is 5.54. The highest BCUT2D eigenvalue weighted by Gasteiger charge is 2.52. The molecule has 0 aliphatic carbocycles. The fourth-order valence-corrected chi connectivity index (χ4v) is 2.68. The van der Waals surface area contributed by atoms with E-state index < -0.39 is 29.5 Å². The van der Waals surface area contributed by atoms with E-state index in [-0.39, 0.29) is 6.42 Å². The van der Waals surface area contributed by atoms with Crippen LogP contribution in [0.4, 0.5) is 4.79 Å². The minimum atomic E-state index is -1.23. The lowest BCUT2D eigenvalue weighted by Crippen LogP contribution is -2.46. The van der Waals surface area contributed by atoms with Gasteiger partial charge in [0.05, 0.1) is 0 Å². The molecule has 1 saturated heterocycles. The maximum Gasteiger partial charge on any atom is 0.326 e. The molecule has 22 heavy (non-hydrogen) atoms. The number of imide groups is 1. The molecule has 0 saturated carbocycles. The van der Waals surface area contributed by atoms with Crippen LogP contribution < -0.4 is 5.32 Å². The summed E-state index contributed by atoms with van der Waals surface area (Å²) < 4.78 is 0. The summed E-state index contributed by atoms with van der Waals surface area (Å²) >= 11 is 0. The molecule has 6 heteroatoms. The van der Waals surface area contributed by atoms with E-state index in [2.05, 4.69) is 5.32 Å². The average Bonchev–Trinajstić information content (AvgIpc) is 2.72. The van der Waals surface area contributed by atoms with Crippen molar-refractivity contribution in [2.45, 2.75) is 45.2 Å². The largest absolute Gasteiger partial charge is 0.480 e. The number of amides is 3. The molecule has 1 aliphatic heterocycles. The molecule has 6 nitrogen and oxygen atoms in total. The summed E-state index contributed by atoms with van der Waals surface area (Å²) in [5, 5.41) is 11.8. The first-order valence-corrected chi connectivity index (χ1v) is 7.33. The molecule has 0 spiro atoms. The molecule has 2 rings (SSSR count). The highest BCUT2D eigenvalue weighted by Crippen LogP contribution is 2.30. The number of urea groups is 1. The van der Waals surface area contributed by atoms with E-state index in [0.29, 0.717) is 5.56 Å². The second kappa shape index (κ2) is 5.79. The Balaban J connectivity index is 2.38. The highest BCUT2D eigenvalue weighted by molar-refractivity contribution is 6.09. The Bertz CT molecular complexity index is 611. The van der Waals surface area contributed by atoms with Crippen molar-refractivity contribution in [2.75, 3.05) is 0 Å². The van der Waals surface area contributed by atoms with Gasteiger partial charge in [0.25, 0.3) is 5.91 Å². The number of carboxylic acid groups (broad SMARTS) is 1. The van der Waals surface area contributed by atoms with Crippen molar-refractivity contribution in [3.05, 3.63) is 35.4 Å². The standard InChI is InChI=1S/C16H20N2O4/c1-4-10-6-8-11(9-7-10)16(3)14(21)18(15(22)17-16)12(5-2)13(19)20/h6-9,12H,4-5H2,1-3H3,(H,17,22)(H,19,20). The Morgan fingerprint density at radius 3 is 2.32 bits per heavy atom. The van der Waals surface area contributed by atoms with E-state index in [1.165, 1.54) is 0 Å². The van der Waals surface area contributed by atoms with Gasteiger partial charge >= 0.3 is 12.0 Å². The molecule has 118 valence electrons. The number of nitrogens with zero attached hydrogens (tertiary/aromatic N) is 1. The van der Waals surface area contributed by atoms with Crippen LogP contribution in [0, 0.1) is 0 Å². The van der Waals surface area contributed by atoms with Crippen LogP contribution in [0.15, 0.2) is 24.3 Å². The van der Waals surface area contributed by atoms with Gasteiger partial charge in [0.15, 0.2) is 0 Å². The summed E-state index contributed by atoms with van der Waals surface area (Å²) in [5.41, 5.74) is 0.537. The zero-order valence-electron chi connectivity index (χ0n) is 12.9. The molecule has 2 atom stereocenters. The van der Waals surface area contributed by atoms with E-state index in [1.807, 2.05) is 19.1 Å². The van der Waals surface area contributed by atoms with Gasteiger partial charge in [-0.25, -0.2) is 14.5 Å². The van der Waals surface area contributed by atoms with Crippen molar-refractivity contribution in [3.8, 4) is 0 Å². The fraction of sp³-hybridized carbons (Fsp3) is 0.438. The summed E-state index contributed by atoms with van der Waals surface area (Å²) in [6.07, 6.45) is 1.04. The average molecular weight is 304 g/mol. The predicted molar refractivity (Wildman–Crippen MR) is 80.3 cm³/mol. The molecule has 2 N–H and O–H groups in total. The molecule has 1 fully saturated rings. The highest BCUT2D eigenvalue weighted by atomic mass is 16.4. The minimum absolute atomic E-state index is 0.166. The molecule has 1 aliphatic rings. The van der Waals surface area contributed by atoms with Crippen molar-refractivity contribution >= 4 is 17.9 Å². The lowest BCUT2D eigenvalue weighted by atomic mass is 9.90. The van der Waals surface area contributed by atoms with Gasteiger partial charge in [0.2, 0.25) is 0 Å². The van der Waals surface area contributed by atoms with E-state index in [0.717, 1.165) is 16.9 Å². The number of aliphatic carboxylic acids is 1. The van der Waals surface area contributed by atoms with Gasteiger partial charge in [-0.15, -0.1) is 0 Å². The molecule has 0 aromatic heterocycles. The van der Waals surface area contributed by atoms with Crippen LogP contribution in [0.25, 0.3) is 0 Å². The van der Waals surface area contributed by atoms with Crippen LogP contribution in [0.1, 0.15) is 38.3 Å². The van der Waals surface area contributed by atoms with Crippen LogP contribution in [0.3, 0.4) is 0 Å². The summed E-state index contributed by atoms with van der Waals surface area (Å²) in [5.74, 6) is -1.72. The molecule has 1 heterocycles. The van der Waals surface area contributed by atoms with Gasteiger partial charge in [-0.2, -0.15) is 0 Å². The van der Waals surface area contributed by atoms with Crippen LogP contribution >= 0.6 is 0 Å². The zero-order valence-corrected chi connectivity index (χ0v) is 12.9. The predicted octanol–water partition coefficient (Wildman–Crippen LogP) is 1.88. The number of aryl methyl sites for hydroxylation is 1. The lowest BCUT2D eigenvalue weighted by molar-refractivity contribution is -0.147. The van der Waals surface area contributed by atoms with Crippen molar-refractivity contribution < 1.29 is 19.5 Å². The van der Waals surface area contributed by atoms with E-state index >= 15 is 0 Å². The molecule has 3 amide bonds. The Hall–Kier alpha value is -2.37. The van der Waals surface area contributed by atoms with Crippen molar-refractivity contribution in [2.24, 2.45) is 0 Å². The molecular formula is C16H20N2O4. The summed E-state index contributed by atoms with van der Waals surface area (Å²) in [7, 11) is 0. The lowest BCUT2D eigenvalue weighted by Gasteiger charge is -2.24. The zero-order chi connectivity index (χ0) is 16.5. The fourth-order valence-electron chi connectivity index (χ4n) is 2.68. The summed E-state index contributed by atoms with van der Waals surface area (Å²) in [4.78, 5) is 36.9. The monoisotopic (exact) mass is 304 g/mol. The first kappa shape index (κ1) is 16.0. The maximum atomic E-state index is 12.7. The number of nitrogens with one attached hydrogen (secondary N) is 1. The van der Waals surface area contributed by atoms with Crippen molar-refractivity contribution in [1.29, 1.82) is 0 Å². The Kier molecular flexibility index (Phi) is 4.21. The third-order valence-electron chi connectivity index (χ3n) is 4.15. The smallest absolute Gasteiger partial charge is 0.326 e. The summed E-state index contributed by atoms with van der Waals surface area (Å²) in [6, 6.07) is 5.57. The van der Waals surface area contributed by atoms with E-state index in [9.17, 15) is 19.5 Å². The van der Waals surface area contributed by atoms with Gasteiger partial charge in [-0.3, -0.25) is 4.79 Å². The molecular weight excluding hydrogens is 284 g/mol. The van der Waals surface area contributed by atoms with Crippen molar-refractivity contribution in [3.63, 3.8) is 0 Å². The number of rotatable bonds is 5. The van der Waals surface area contributed by atoms with Gasteiger partial charge in [-0.05, 0) is 30.9 Å². The van der Waals surface area contributed by atoms with Crippen LogP contribution in [0.5, 0.6) is 0 Å². The van der Waals surface area contributed by atoms with Crippen LogP contribution in [-0.4, -0.2) is 34.0 Å². The van der Waals surface area contributed by atoms with Crippen LogP contribution in [0.2, 0.25) is 0 Å². The molecule has 1 aromatic rings. The van der Waals surface area contributed by atoms with E-state index in [1.54, 1.807) is 26.0 Å². The Morgan fingerprint density at radius 2 is 1.86 bits per heavy atom. The first-order chi connectivity index (χ1) is 10.3. The van der Waals surface area contributed by atoms with Gasteiger partial charge in [-0.1, -0.05) is 38.1 Å². The molecule has 2 unspecified atom stereocenters. The van der Waals surface area contributed by atoms with Crippen LogP contribution in [-0.2, 0) is 21.5 Å². The molecule has 1 aromatic carbocycles. The number of carboxylic acids is 1.